The van der Waals surface area contributed by atoms with Crippen LogP contribution in [0, 0.1) is 0 Å². The van der Waals surface area contributed by atoms with Crippen molar-refractivity contribution in [1.82, 2.24) is 20.2 Å². The fourth-order valence-electron chi connectivity index (χ4n) is 2.48. The zero-order valence-electron chi connectivity index (χ0n) is 12.5. The van der Waals surface area contributed by atoms with Gasteiger partial charge in [0.15, 0.2) is 5.13 Å². The average molecular weight is 317 g/mol. The highest BCUT2D eigenvalue weighted by molar-refractivity contribution is 7.13. The van der Waals surface area contributed by atoms with Crippen molar-refractivity contribution < 1.29 is 4.79 Å². The molecular weight excluding hydrogens is 298 g/mol. The number of rotatable bonds is 3. The SMILES string of the molecule is C[C@H](NC(=O)N1CCN(c2nccs2)CC1)c1ccncc1. The van der Waals surface area contributed by atoms with E-state index in [1.54, 1.807) is 23.7 Å². The zero-order valence-corrected chi connectivity index (χ0v) is 13.3. The van der Waals surface area contributed by atoms with Crippen LogP contribution in [0.2, 0.25) is 0 Å². The summed E-state index contributed by atoms with van der Waals surface area (Å²) in [5.74, 6) is 0. The molecule has 3 rings (SSSR count). The molecule has 0 aromatic carbocycles. The van der Waals surface area contributed by atoms with Crippen molar-refractivity contribution in [2.45, 2.75) is 13.0 Å². The fraction of sp³-hybridized carbons (Fsp3) is 0.400. The first-order chi connectivity index (χ1) is 10.7. The van der Waals surface area contributed by atoms with E-state index in [1.807, 2.05) is 35.5 Å². The second-order valence-electron chi connectivity index (χ2n) is 5.24. The maximum absolute atomic E-state index is 12.3. The van der Waals surface area contributed by atoms with Crippen LogP contribution in [0.25, 0.3) is 0 Å². The molecule has 0 spiro atoms. The van der Waals surface area contributed by atoms with Gasteiger partial charge in [-0.05, 0) is 24.6 Å². The quantitative estimate of drug-likeness (QED) is 0.942. The third-order valence-electron chi connectivity index (χ3n) is 3.80. The summed E-state index contributed by atoms with van der Waals surface area (Å²) in [7, 11) is 0. The molecule has 116 valence electrons. The van der Waals surface area contributed by atoms with Crippen LogP contribution in [0.1, 0.15) is 18.5 Å². The number of urea groups is 1. The minimum absolute atomic E-state index is 0.0110. The highest BCUT2D eigenvalue weighted by Crippen LogP contribution is 2.19. The van der Waals surface area contributed by atoms with E-state index in [9.17, 15) is 4.79 Å². The van der Waals surface area contributed by atoms with Gasteiger partial charge in [0.1, 0.15) is 0 Å². The molecule has 6 nitrogen and oxygen atoms in total. The number of carbonyl (C=O) groups is 1. The van der Waals surface area contributed by atoms with Crippen molar-refractivity contribution in [3.8, 4) is 0 Å². The van der Waals surface area contributed by atoms with Crippen LogP contribution >= 0.6 is 11.3 Å². The van der Waals surface area contributed by atoms with Gasteiger partial charge < -0.3 is 15.1 Å². The number of pyridine rings is 1. The third-order valence-corrected chi connectivity index (χ3v) is 4.63. The molecule has 2 aromatic rings. The Morgan fingerprint density at radius 2 is 1.95 bits per heavy atom. The Hall–Kier alpha value is -2.15. The molecule has 0 radical (unpaired) electrons. The summed E-state index contributed by atoms with van der Waals surface area (Å²) in [4.78, 5) is 24.7. The molecule has 2 amide bonds. The van der Waals surface area contributed by atoms with E-state index >= 15 is 0 Å². The Balaban J connectivity index is 1.52. The first-order valence-electron chi connectivity index (χ1n) is 7.34. The number of anilines is 1. The number of hydrogen-bond acceptors (Lipinski definition) is 5. The number of nitrogens with one attached hydrogen (secondary N) is 1. The van der Waals surface area contributed by atoms with E-state index in [4.69, 9.17) is 0 Å². The maximum Gasteiger partial charge on any atom is 0.317 e. The average Bonchev–Trinajstić information content (AvgIpc) is 3.10. The topological polar surface area (TPSA) is 61.4 Å². The van der Waals surface area contributed by atoms with Crippen molar-refractivity contribution >= 4 is 22.5 Å². The molecule has 0 bridgehead atoms. The van der Waals surface area contributed by atoms with Gasteiger partial charge in [0.25, 0.3) is 0 Å². The summed E-state index contributed by atoms with van der Waals surface area (Å²) >= 11 is 1.64. The lowest BCUT2D eigenvalue weighted by Crippen LogP contribution is -2.52. The number of hydrogen-bond donors (Lipinski definition) is 1. The van der Waals surface area contributed by atoms with Crippen molar-refractivity contribution in [1.29, 1.82) is 0 Å². The molecule has 1 atom stereocenters. The van der Waals surface area contributed by atoms with Crippen LogP contribution in [-0.2, 0) is 0 Å². The van der Waals surface area contributed by atoms with E-state index in [0.29, 0.717) is 13.1 Å². The molecule has 0 saturated carbocycles. The molecule has 1 aliphatic rings. The van der Waals surface area contributed by atoms with Gasteiger partial charge in [-0.15, -0.1) is 11.3 Å². The Morgan fingerprint density at radius 3 is 2.59 bits per heavy atom. The van der Waals surface area contributed by atoms with Crippen LogP contribution in [0.3, 0.4) is 0 Å². The molecule has 3 heterocycles. The van der Waals surface area contributed by atoms with E-state index in [-0.39, 0.29) is 12.1 Å². The summed E-state index contributed by atoms with van der Waals surface area (Å²) in [6.07, 6.45) is 5.30. The number of nitrogens with zero attached hydrogens (tertiary/aromatic N) is 4. The van der Waals surface area contributed by atoms with Crippen molar-refractivity contribution in [3.05, 3.63) is 41.7 Å². The van der Waals surface area contributed by atoms with Crippen LogP contribution in [0.15, 0.2) is 36.1 Å². The van der Waals surface area contributed by atoms with Crippen molar-refractivity contribution in [2.75, 3.05) is 31.1 Å². The summed E-state index contributed by atoms with van der Waals surface area (Å²) in [6.45, 7) is 5.07. The monoisotopic (exact) mass is 317 g/mol. The Bertz CT molecular complexity index is 596. The van der Waals surface area contributed by atoms with E-state index in [2.05, 4.69) is 20.2 Å². The van der Waals surface area contributed by atoms with Crippen molar-refractivity contribution in [3.63, 3.8) is 0 Å². The van der Waals surface area contributed by atoms with Crippen LogP contribution in [0.4, 0.5) is 9.93 Å². The number of carbonyl (C=O) groups excluding carboxylic acids is 1. The summed E-state index contributed by atoms with van der Waals surface area (Å²) in [5.41, 5.74) is 1.06. The van der Waals surface area contributed by atoms with Gasteiger partial charge in [-0.3, -0.25) is 4.98 Å². The predicted molar refractivity (Wildman–Crippen MR) is 87.1 cm³/mol. The summed E-state index contributed by atoms with van der Waals surface area (Å²) in [5, 5.41) is 6.05. The van der Waals surface area contributed by atoms with Gasteiger partial charge in [-0.1, -0.05) is 0 Å². The molecule has 0 unspecified atom stereocenters. The zero-order chi connectivity index (χ0) is 15.4. The van der Waals surface area contributed by atoms with Gasteiger partial charge in [-0.25, -0.2) is 9.78 Å². The lowest BCUT2D eigenvalue weighted by molar-refractivity contribution is 0.191. The summed E-state index contributed by atoms with van der Waals surface area (Å²) < 4.78 is 0. The minimum atomic E-state index is -0.0208. The second-order valence-corrected chi connectivity index (χ2v) is 6.11. The lowest BCUT2D eigenvalue weighted by atomic mass is 10.1. The first-order valence-corrected chi connectivity index (χ1v) is 8.22. The number of amides is 2. The normalized spacial score (nSPS) is 16.4. The molecular formula is C15H19N5OS. The molecule has 7 heteroatoms. The van der Waals surface area contributed by atoms with Gasteiger partial charge in [0.2, 0.25) is 0 Å². The lowest BCUT2D eigenvalue weighted by Gasteiger charge is -2.35. The Labute approximate surface area is 133 Å². The molecule has 1 N–H and O–H groups in total. The molecule has 1 aliphatic heterocycles. The maximum atomic E-state index is 12.3. The molecule has 0 aliphatic carbocycles. The summed E-state index contributed by atoms with van der Waals surface area (Å²) in [6, 6.07) is 3.81. The van der Waals surface area contributed by atoms with E-state index < -0.39 is 0 Å². The molecule has 22 heavy (non-hydrogen) atoms. The van der Waals surface area contributed by atoms with Crippen molar-refractivity contribution in [2.24, 2.45) is 0 Å². The highest BCUT2D eigenvalue weighted by atomic mass is 32.1. The standard InChI is InChI=1S/C15H19N5OS/c1-12(13-2-4-16-5-3-13)18-14(21)19-7-9-20(10-8-19)15-17-6-11-22-15/h2-6,11-12H,7-10H2,1H3,(H,18,21)/t12-/m0/s1. The largest absolute Gasteiger partial charge is 0.345 e. The smallest absolute Gasteiger partial charge is 0.317 e. The minimum Gasteiger partial charge on any atom is -0.345 e. The van der Waals surface area contributed by atoms with Gasteiger partial charge in [0, 0.05) is 50.1 Å². The van der Waals surface area contributed by atoms with E-state index in [0.717, 1.165) is 23.8 Å². The molecule has 2 aromatic heterocycles. The van der Waals surface area contributed by atoms with Gasteiger partial charge in [-0.2, -0.15) is 0 Å². The van der Waals surface area contributed by atoms with Gasteiger partial charge >= 0.3 is 6.03 Å². The third kappa shape index (κ3) is 3.36. The Kier molecular flexibility index (Phi) is 4.53. The number of aromatic nitrogens is 2. The Morgan fingerprint density at radius 1 is 1.23 bits per heavy atom. The molecule has 1 saturated heterocycles. The van der Waals surface area contributed by atoms with Gasteiger partial charge in [0.05, 0.1) is 6.04 Å². The molecule has 1 fully saturated rings. The fourth-order valence-corrected chi connectivity index (χ4v) is 3.18. The van der Waals surface area contributed by atoms with Crippen LogP contribution < -0.4 is 10.2 Å². The highest BCUT2D eigenvalue weighted by Gasteiger charge is 2.23. The first kappa shape index (κ1) is 14.8. The number of thiazole rings is 1. The van der Waals surface area contributed by atoms with E-state index in [1.165, 1.54) is 0 Å². The predicted octanol–water partition coefficient (Wildman–Crippen LogP) is 2.13. The van der Waals surface area contributed by atoms with Crippen LogP contribution in [-0.4, -0.2) is 47.1 Å². The number of piperazine rings is 1. The second kappa shape index (κ2) is 6.74. The van der Waals surface area contributed by atoms with Crippen LogP contribution in [0.5, 0.6) is 0 Å².